The molecule has 17 heavy (non-hydrogen) atoms. The monoisotopic (exact) mass is 263 g/mol. The van der Waals surface area contributed by atoms with E-state index < -0.39 is 23.0 Å². The molecule has 1 unspecified atom stereocenters. The molecule has 1 aliphatic rings. The van der Waals surface area contributed by atoms with Gasteiger partial charge in [-0.2, -0.15) is 0 Å². The summed E-state index contributed by atoms with van der Waals surface area (Å²) in [5, 5.41) is 12.2. The predicted molar refractivity (Wildman–Crippen MR) is 60.4 cm³/mol. The van der Waals surface area contributed by atoms with E-state index in [4.69, 9.17) is 0 Å². The topological polar surface area (TPSA) is 49.3 Å². The molecule has 0 saturated carbocycles. The van der Waals surface area contributed by atoms with E-state index in [-0.39, 0.29) is 19.0 Å². The van der Waals surface area contributed by atoms with Crippen molar-refractivity contribution in [2.24, 2.45) is 0 Å². The largest absolute Gasteiger partial charge is 0.481 e. The van der Waals surface area contributed by atoms with Crippen molar-refractivity contribution in [3.63, 3.8) is 0 Å². The van der Waals surface area contributed by atoms with Crippen molar-refractivity contribution < 1.29 is 18.7 Å². The van der Waals surface area contributed by atoms with E-state index in [1.807, 2.05) is 0 Å². The van der Waals surface area contributed by atoms with Gasteiger partial charge in [-0.05, 0) is 30.7 Å². The second-order valence-corrected chi connectivity index (χ2v) is 3.94. The number of rotatable bonds is 2. The molecule has 94 valence electrons. The van der Waals surface area contributed by atoms with Crippen molar-refractivity contribution in [3.8, 4) is 0 Å². The van der Waals surface area contributed by atoms with E-state index >= 15 is 0 Å². The van der Waals surface area contributed by atoms with Crippen molar-refractivity contribution >= 4 is 18.4 Å². The summed E-state index contributed by atoms with van der Waals surface area (Å²) < 4.78 is 25.9. The maximum Gasteiger partial charge on any atom is 0.315 e. The van der Waals surface area contributed by atoms with Crippen LogP contribution >= 0.6 is 12.4 Å². The lowest BCUT2D eigenvalue weighted by Crippen LogP contribution is -2.38. The van der Waals surface area contributed by atoms with Crippen LogP contribution in [0.1, 0.15) is 12.0 Å². The molecule has 0 amide bonds. The average molecular weight is 264 g/mol. The Hall–Kier alpha value is -1.20. The highest BCUT2D eigenvalue weighted by molar-refractivity contribution is 5.85. The van der Waals surface area contributed by atoms with Crippen LogP contribution in [0.3, 0.4) is 0 Å². The van der Waals surface area contributed by atoms with E-state index in [1.165, 1.54) is 6.07 Å². The number of carboxylic acid groups (broad SMARTS) is 1. The summed E-state index contributed by atoms with van der Waals surface area (Å²) in [4.78, 5) is 11.3. The maximum atomic E-state index is 13.1. The molecule has 1 aromatic carbocycles. The molecule has 1 aromatic rings. The summed E-state index contributed by atoms with van der Waals surface area (Å²) in [6.07, 6.45) is 0.382. The number of hydrogen-bond acceptors (Lipinski definition) is 2. The molecule has 1 heterocycles. The molecule has 0 bridgehead atoms. The average Bonchev–Trinajstić information content (AvgIpc) is 2.72. The zero-order chi connectivity index (χ0) is 11.8. The number of carboxylic acids is 1. The highest BCUT2D eigenvalue weighted by Crippen LogP contribution is 2.31. The summed E-state index contributed by atoms with van der Waals surface area (Å²) in [6.45, 7) is 0.804. The minimum absolute atomic E-state index is 0. The SMILES string of the molecule is Cl.O=C(O)C1(c2ccc(F)c(F)c2)CCNC1. The molecule has 0 aromatic heterocycles. The highest BCUT2D eigenvalue weighted by Gasteiger charge is 2.43. The molecule has 0 aliphatic carbocycles. The number of hydrogen-bond donors (Lipinski definition) is 2. The summed E-state index contributed by atoms with van der Waals surface area (Å²) in [5.74, 6) is -2.98. The first-order valence-corrected chi connectivity index (χ1v) is 4.96. The zero-order valence-electron chi connectivity index (χ0n) is 8.87. The van der Waals surface area contributed by atoms with Gasteiger partial charge in [0.1, 0.15) is 5.41 Å². The van der Waals surface area contributed by atoms with Crippen LogP contribution in [-0.4, -0.2) is 24.2 Å². The van der Waals surface area contributed by atoms with Crippen molar-refractivity contribution in [2.45, 2.75) is 11.8 Å². The smallest absolute Gasteiger partial charge is 0.315 e. The fraction of sp³-hybridized carbons (Fsp3) is 0.364. The Kier molecular flexibility index (Phi) is 4.06. The highest BCUT2D eigenvalue weighted by atomic mass is 35.5. The number of carbonyl (C=O) groups is 1. The molecule has 6 heteroatoms. The van der Waals surface area contributed by atoms with Gasteiger partial charge in [0.05, 0.1) is 0 Å². The normalized spacial score (nSPS) is 23.2. The summed E-state index contributed by atoms with van der Waals surface area (Å²) in [6, 6.07) is 3.27. The first-order valence-electron chi connectivity index (χ1n) is 4.96. The van der Waals surface area contributed by atoms with Crippen molar-refractivity contribution in [1.82, 2.24) is 5.32 Å². The zero-order valence-corrected chi connectivity index (χ0v) is 9.69. The van der Waals surface area contributed by atoms with Crippen LogP contribution in [0.2, 0.25) is 0 Å². The van der Waals surface area contributed by atoms with E-state index in [0.717, 1.165) is 12.1 Å². The van der Waals surface area contributed by atoms with Crippen molar-refractivity contribution in [2.75, 3.05) is 13.1 Å². The fourth-order valence-corrected chi connectivity index (χ4v) is 2.04. The Morgan fingerprint density at radius 3 is 2.53 bits per heavy atom. The van der Waals surface area contributed by atoms with Gasteiger partial charge < -0.3 is 10.4 Å². The molecule has 2 N–H and O–H groups in total. The molecule has 1 fully saturated rings. The van der Waals surface area contributed by atoms with Crippen LogP contribution in [0, 0.1) is 11.6 Å². The predicted octanol–water partition coefficient (Wildman–Crippen LogP) is 1.70. The third kappa shape index (κ3) is 2.25. The second-order valence-electron chi connectivity index (χ2n) is 3.94. The van der Waals surface area contributed by atoms with Gasteiger partial charge >= 0.3 is 5.97 Å². The number of halogens is 3. The lowest BCUT2D eigenvalue weighted by atomic mass is 9.80. The Balaban J connectivity index is 0.00000144. The second kappa shape index (κ2) is 4.98. The molecular formula is C11H12ClF2NO2. The van der Waals surface area contributed by atoms with Gasteiger partial charge in [0.2, 0.25) is 0 Å². The standard InChI is InChI=1S/C11H11F2NO2.ClH/c12-8-2-1-7(5-9(8)13)11(10(15)16)3-4-14-6-11;/h1-2,5,14H,3-4,6H2,(H,15,16);1H. The maximum absolute atomic E-state index is 13.1. The molecule has 2 rings (SSSR count). The minimum atomic E-state index is -1.13. The Morgan fingerprint density at radius 1 is 1.35 bits per heavy atom. The lowest BCUT2D eigenvalue weighted by molar-refractivity contribution is -0.143. The number of nitrogens with one attached hydrogen (secondary N) is 1. The van der Waals surface area contributed by atoms with Gasteiger partial charge in [-0.3, -0.25) is 4.79 Å². The molecular weight excluding hydrogens is 252 g/mol. The molecule has 1 atom stereocenters. The van der Waals surface area contributed by atoms with Crippen LogP contribution in [0.15, 0.2) is 18.2 Å². The summed E-state index contributed by atoms with van der Waals surface area (Å²) in [5.41, 5.74) is -0.821. The van der Waals surface area contributed by atoms with E-state index in [1.54, 1.807) is 0 Å². The van der Waals surface area contributed by atoms with Crippen molar-refractivity contribution in [1.29, 1.82) is 0 Å². The lowest BCUT2D eigenvalue weighted by Gasteiger charge is -2.23. The van der Waals surface area contributed by atoms with Gasteiger partial charge in [0.25, 0.3) is 0 Å². The van der Waals surface area contributed by atoms with E-state index in [9.17, 15) is 18.7 Å². The van der Waals surface area contributed by atoms with Crippen LogP contribution in [-0.2, 0) is 10.2 Å². The van der Waals surface area contributed by atoms with Gasteiger partial charge in [-0.25, -0.2) is 8.78 Å². The molecule has 1 saturated heterocycles. The number of benzene rings is 1. The molecule has 0 radical (unpaired) electrons. The van der Waals surface area contributed by atoms with Crippen molar-refractivity contribution in [3.05, 3.63) is 35.4 Å². The molecule has 1 aliphatic heterocycles. The number of aliphatic carboxylic acids is 1. The molecule has 3 nitrogen and oxygen atoms in total. The quantitative estimate of drug-likeness (QED) is 0.854. The Bertz CT molecular complexity index is 433. The summed E-state index contributed by atoms with van der Waals surface area (Å²) >= 11 is 0. The van der Waals surface area contributed by atoms with Crippen LogP contribution < -0.4 is 5.32 Å². The third-order valence-corrected chi connectivity index (χ3v) is 3.04. The van der Waals surface area contributed by atoms with Gasteiger partial charge in [-0.1, -0.05) is 6.07 Å². The first-order chi connectivity index (χ1) is 7.56. The minimum Gasteiger partial charge on any atom is -0.481 e. The fourth-order valence-electron chi connectivity index (χ4n) is 2.04. The van der Waals surface area contributed by atoms with Crippen LogP contribution in [0.5, 0.6) is 0 Å². The van der Waals surface area contributed by atoms with Crippen LogP contribution in [0.25, 0.3) is 0 Å². The van der Waals surface area contributed by atoms with Crippen LogP contribution in [0.4, 0.5) is 8.78 Å². The molecule has 0 spiro atoms. The third-order valence-electron chi connectivity index (χ3n) is 3.04. The first kappa shape index (κ1) is 13.9. The van der Waals surface area contributed by atoms with Gasteiger partial charge in [-0.15, -0.1) is 12.4 Å². The van der Waals surface area contributed by atoms with Gasteiger partial charge in [0.15, 0.2) is 11.6 Å². The van der Waals surface area contributed by atoms with E-state index in [2.05, 4.69) is 5.32 Å². The van der Waals surface area contributed by atoms with E-state index in [0.29, 0.717) is 18.5 Å². The van der Waals surface area contributed by atoms with Gasteiger partial charge in [0, 0.05) is 6.54 Å². The summed E-state index contributed by atoms with van der Waals surface area (Å²) in [7, 11) is 0. The Morgan fingerprint density at radius 2 is 2.06 bits per heavy atom. The Labute approximate surface area is 103 Å².